The van der Waals surface area contributed by atoms with Crippen molar-refractivity contribution in [2.45, 2.75) is 0 Å². The lowest BCUT2D eigenvalue weighted by Gasteiger charge is -2.04. The molecule has 1 aliphatic heterocycles. The van der Waals surface area contributed by atoms with Crippen molar-refractivity contribution < 1.29 is 0 Å². The lowest BCUT2D eigenvalue weighted by Crippen LogP contribution is -2.15. The Bertz CT molecular complexity index is 635. The molecule has 6 nitrogen and oxygen atoms in total. The summed E-state index contributed by atoms with van der Waals surface area (Å²) in [5.41, 5.74) is 12.7. The van der Waals surface area contributed by atoms with E-state index in [2.05, 4.69) is 10.3 Å². The van der Waals surface area contributed by atoms with E-state index < -0.39 is 0 Å². The number of nitrogens with two attached hydrogens (primary N) is 2. The van der Waals surface area contributed by atoms with Crippen LogP contribution in [0.2, 0.25) is 0 Å². The number of hydrogen-bond acceptors (Lipinski definition) is 6. The van der Waals surface area contributed by atoms with Crippen LogP contribution in [-0.2, 0) is 0 Å². The van der Waals surface area contributed by atoms with Crippen LogP contribution in [0.25, 0.3) is 6.08 Å². The number of aromatic nitrogens is 1. The molecule has 0 aliphatic carbocycles. The van der Waals surface area contributed by atoms with Gasteiger partial charge in [-0.1, -0.05) is 12.1 Å². The van der Waals surface area contributed by atoms with Crippen LogP contribution in [-0.4, -0.2) is 4.98 Å². The molecular formula is C11H10N6. The first kappa shape index (κ1) is 10.7. The van der Waals surface area contributed by atoms with Gasteiger partial charge in [-0.3, -0.25) is 5.41 Å². The Morgan fingerprint density at radius 3 is 2.82 bits per heavy atom. The second-order valence-corrected chi connectivity index (χ2v) is 3.45. The number of fused-ring (bicyclic) bond motifs is 1. The number of hydrogen-bond donors (Lipinski definition) is 4. The summed E-state index contributed by atoms with van der Waals surface area (Å²) in [6.45, 7) is 0. The standard InChI is InChI=1S/C11H10N6/c12-5-7-8(13)4-6-2-1-3-9(14)16-11(6)17-10(7)15/h1-4H,13H2,(H4,14,15,16,17). The highest BCUT2D eigenvalue weighted by Crippen LogP contribution is 2.21. The lowest BCUT2D eigenvalue weighted by atomic mass is 10.2. The summed E-state index contributed by atoms with van der Waals surface area (Å²) in [7, 11) is 0. The second-order valence-electron chi connectivity index (χ2n) is 3.45. The largest absolute Gasteiger partial charge is 0.398 e. The number of allylic oxidation sites excluding steroid dienone is 1. The zero-order chi connectivity index (χ0) is 12.4. The van der Waals surface area contributed by atoms with Crippen LogP contribution >= 0.6 is 0 Å². The van der Waals surface area contributed by atoms with E-state index in [1.165, 1.54) is 0 Å². The summed E-state index contributed by atoms with van der Waals surface area (Å²) in [6, 6.07) is 6.90. The molecule has 6 N–H and O–H groups in total. The van der Waals surface area contributed by atoms with E-state index >= 15 is 0 Å². The van der Waals surface area contributed by atoms with Gasteiger partial charge >= 0.3 is 0 Å². The third kappa shape index (κ3) is 1.94. The summed E-state index contributed by atoms with van der Waals surface area (Å²) >= 11 is 0. The second kappa shape index (κ2) is 3.98. The van der Waals surface area contributed by atoms with E-state index in [0.29, 0.717) is 11.4 Å². The Morgan fingerprint density at radius 2 is 2.12 bits per heavy atom. The van der Waals surface area contributed by atoms with Crippen molar-refractivity contribution >= 4 is 11.9 Å². The fourth-order valence-corrected chi connectivity index (χ4v) is 1.47. The van der Waals surface area contributed by atoms with Crippen LogP contribution in [0.1, 0.15) is 5.56 Å². The minimum absolute atomic E-state index is 0.0962. The normalized spacial score (nSPS) is 13.9. The predicted octanol–water partition coefficient (Wildman–Crippen LogP) is -0.0200. The lowest BCUT2D eigenvalue weighted by molar-refractivity contribution is 1.10. The number of nitriles is 1. The topological polar surface area (TPSA) is 125 Å². The molecule has 0 bridgehead atoms. The van der Waals surface area contributed by atoms with Gasteiger partial charge in [-0.2, -0.15) is 5.26 Å². The highest BCUT2D eigenvalue weighted by molar-refractivity contribution is 5.73. The number of nitrogens with one attached hydrogen (secondary N) is 2. The Hall–Kier alpha value is -2.81. The smallest absolute Gasteiger partial charge is 0.146 e. The fraction of sp³-hybridized carbons (Fsp3) is 0. The maximum atomic E-state index is 8.93. The van der Waals surface area contributed by atoms with E-state index in [0.717, 1.165) is 0 Å². The van der Waals surface area contributed by atoms with E-state index in [9.17, 15) is 0 Å². The molecule has 0 amide bonds. The molecule has 0 spiro atoms. The van der Waals surface area contributed by atoms with Crippen molar-refractivity contribution in [3.8, 4) is 6.07 Å². The molecule has 17 heavy (non-hydrogen) atoms. The van der Waals surface area contributed by atoms with E-state index in [1.54, 1.807) is 24.3 Å². The molecule has 0 aromatic carbocycles. The van der Waals surface area contributed by atoms with Gasteiger partial charge in [0.15, 0.2) is 0 Å². The molecule has 0 saturated carbocycles. The van der Waals surface area contributed by atoms with Gasteiger partial charge in [-0.15, -0.1) is 0 Å². The molecule has 0 atom stereocenters. The fourth-order valence-electron chi connectivity index (χ4n) is 1.47. The van der Waals surface area contributed by atoms with Gasteiger partial charge in [0, 0.05) is 5.56 Å². The monoisotopic (exact) mass is 226 g/mol. The SMILES string of the molecule is N#CC1=C(N)Nc2nc(=N)cccc2C=C1N. The van der Waals surface area contributed by atoms with Gasteiger partial charge in [-0.25, -0.2) is 4.98 Å². The number of anilines is 1. The zero-order valence-corrected chi connectivity index (χ0v) is 8.86. The quantitative estimate of drug-likeness (QED) is 0.494. The predicted molar refractivity (Wildman–Crippen MR) is 62.7 cm³/mol. The Labute approximate surface area is 97.4 Å². The molecule has 0 fully saturated rings. The summed E-state index contributed by atoms with van der Waals surface area (Å²) in [6.07, 6.45) is 1.60. The first-order valence-electron chi connectivity index (χ1n) is 4.82. The van der Waals surface area contributed by atoms with Crippen molar-refractivity contribution in [1.29, 1.82) is 10.7 Å². The molecule has 0 unspecified atom stereocenters. The van der Waals surface area contributed by atoms with Crippen molar-refractivity contribution in [1.82, 2.24) is 4.98 Å². The molecule has 0 radical (unpaired) electrons. The summed E-state index contributed by atoms with van der Waals surface area (Å²) in [5, 5.41) is 19.2. The molecule has 6 heteroatoms. The van der Waals surface area contributed by atoms with Crippen LogP contribution < -0.4 is 22.3 Å². The minimum atomic E-state index is 0.0962. The molecule has 84 valence electrons. The third-order valence-electron chi connectivity index (χ3n) is 2.27. The van der Waals surface area contributed by atoms with Gasteiger partial charge in [0.05, 0.1) is 5.70 Å². The molecular weight excluding hydrogens is 216 g/mol. The number of rotatable bonds is 0. The molecule has 2 rings (SSSR count). The summed E-state index contributed by atoms with van der Waals surface area (Å²) < 4.78 is 0. The van der Waals surface area contributed by atoms with Crippen LogP contribution in [0.3, 0.4) is 0 Å². The van der Waals surface area contributed by atoms with Crippen molar-refractivity contribution in [3.63, 3.8) is 0 Å². The third-order valence-corrected chi connectivity index (χ3v) is 2.27. The summed E-state index contributed by atoms with van der Waals surface area (Å²) in [4.78, 5) is 4.02. The molecule has 1 aromatic heterocycles. The average Bonchev–Trinajstić information content (AvgIpc) is 2.47. The van der Waals surface area contributed by atoms with Crippen LogP contribution in [0.5, 0.6) is 0 Å². The average molecular weight is 226 g/mol. The first-order valence-corrected chi connectivity index (χ1v) is 4.82. The Kier molecular flexibility index (Phi) is 2.51. The number of nitrogens with zero attached hydrogens (tertiary/aromatic N) is 2. The van der Waals surface area contributed by atoms with Gasteiger partial charge in [0.25, 0.3) is 0 Å². The van der Waals surface area contributed by atoms with Gasteiger partial charge in [0.1, 0.15) is 28.8 Å². The minimum Gasteiger partial charge on any atom is -0.398 e. The molecule has 1 aromatic rings. The molecule has 2 heterocycles. The zero-order valence-electron chi connectivity index (χ0n) is 8.86. The summed E-state index contributed by atoms with van der Waals surface area (Å²) in [5.74, 6) is 0.545. The van der Waals surface area contributed by atoms with Gasteiger partial charge in [-0.05, 0) is 12.1 Å². The Morgan fingerprint density at radius 1 is 1.35 bits per heavy atom. The molecule has 0 saturated heterocycles. The first-order chi connectivity index (χ1) is 8.11. The van der Waals surface area contributed by atoms with Crippen molar-refractivity contribution in [2.24, 2.45) is 11.5 Å². The Balaban J connectivity index is 2.72. The van der Waals surface area contributed by atoms with Crippen molar-refractivity contribution in [2.75, 3.05) is 5.32 Å². The van der Waals surface area contributed by atoms with E-state index in [1.807, 2.05) is 6.07 Å². The highest BCUT2D eigenvalue weighted by atomic mass is 15.1. The molecule has 1 aliphatic rings. The highest BCUT2D eigenvalue weighted by Gasteiger charge is 2.13. The van der Waals surface area contributed by atoms with Crippen LogP contribution in [0.4, 0.5) is 5.82 Å². The maximum absolute atomic E-state index is 8.93. The van der Waals surface area contributed by atoms with E-state index in [4.69, 9.17) is 22.1 Å². The van der Waals surface area contributed by atoms with Crippen LogP contribution in [0.15, 0.2) is 35.3 Å². The van der Waals surface area contributed by atoms with Crippen molar-refractivity contribution in [3.05, 3.63) is 46.3 Å². The van der Waals surface area contributed by atoms with Crippen LogP contribution in [0, 0.1) is 16.7 Å². The van der Waals surface area contributed by atoms with Gasteiger partial charge < -0.3 is 16.8 Å². The maximum Gasteiger partial charge on any atom is 0.146 e. The van der Waals surface area contributed by atoms with Gasteiger partial charge in [0.2, 0.25) is 0 Å². The van der Waals surface area contributed by atoms with E-state index in [-0.39, 0.29) is 22.6 Å².